The molecule has 4 aromatic carbocycles. The second-order valence-electron chi connectivity index (χ2n) is 33.2. The van der Waals surface area contributed by atoms with E-state index in [-0.39, 0.29) is 219 Å². The van der Waals surface area contributed by atoms with Crippen LogP contribution in [-0.4, -0.2) is 227 Å². The highest BCUT2D eigenvalue weighted by atomic mass is 16.3. The maximum Gasteiger partial charge on any atom is 0.344 e. The number of aromatic hydroxyl groups is 4. The van der Waals surface area contributed by atoms with Gasteiger partial charge in [0.1, 0.15) is 83.4 Å². The summed E-state index contributed by atoms with van der Waals surface area (Å²) in [6.07, 6.45) is 2.48. The number of carbonyl (C=O) groups is 14. The van der Waals surface area contributed by atoms with E-state index in [2.05, 4.69) is 90.1 Å². The number of hydrogen-bond donors (Lipinski definition) is 29. The fraction of sp³-hybridized carbons (Fsp3) is 0.528. The van der Waals surface area contributed by atoms with Gasteiger partial charge in [0.15, 0.2) is 23.8 Å². The van der Waals surface area contributed by atoms with Gasteiger partial charge in [0.2, 0.25) is 76.8 Å². The number of urea groups is 1. The number of amides is 15. The molecule has 35 N–H and O–H groups in total. The molecule has 732 valence electrons. The Kier molecular flexibility index (Phi) is 50.6. The molecule has 0 aliphatic rings. The lowest BCUT2D eigenvalue weighted by atomic mass is 10.00. The van der Waals surface area contributed by atoms with E-state index in [1.165, 1.54) is 97.1 Å². The zero-order chi connectivity index (χ0) is 98.5. The van der Waals surface area contributed by atoms with Gasteiger partial charge in [-0.1, -0.05) is 96.0 Å². The summed E-state index contributed by atoms with van der Waals surface area (Å²) in [6.45, 7) is 9.90. The molecule has 0 aliphatic heterocycles. The quantitative estimate of drug-likeness (QED) is 0.0142. The van der Waals surface area contributed by atoms with E-state index >= 15 is 0 Å². The third-order valence-corrected chi connectivity index (χ3v) is 20.8. The van der Waals surface area contributed by atoms with Crippen LogP contribution in [0.1, 0.15) is 185 Å². The Morgan fingerprint density at radius 1 is 0.293 bits per heavy atom. The fourth-order valence-corrected chi connectivity index (χ4v) is 13.7. The van der Waals surface area contributed by atoms with E-state index in [1.807, 2.05) is 0 Å². The second-order valence-corrected chi connectivity index (χ2v) is 33.2. The number of unbranched alkanes of at least 4 members (excludes halogenated alkanes) is 5. The zero-order valence-electron chi connectivity index (χ0n) is 76.3. The molecule has 0 unspecified atom stereocenters. The van der Waals surface area contributed by atoms with Crippen molar-refractivity contribution >= 4 is 107 Å². The summed E-state index contributed by atoms with van der Waals surface area (Å²) in [5.74, 6) is -11.9. The number of rotatable bonds is 62. The number of phenols is 4. The van der Waals surface area contributed by atoms with E-state index in [9.17, 15) is 87.5 Å². The number of primary amides is 2. The summed E-state index contributed by atoms with van der Waals surface area (Å²) >= 11 is 0. The second kappa shape index (κ2) is 60.6. The Morgan fingerprint density at radius 2 is 0.549 bits per heavy atom. The summed E-state index contributed by atoms with van der Waals surface area (Å²) < 4.78 is 0. The summed E-state index contributed by atoms with van der Waals surface area (Å²) in [7, 11) is 0. The predicted octanol–water partition coefficient (Wildman–Crippen LogP) is -1.09. The highest BCUT2D eigenvalue weighted by molar-refractivity contribution is 5.99. The van der Waals surface area contributed by atoms with Gasteiger partial charge >= 0.3 is 6.03 Å². The highest BCUT2D eigenvalue weighted by Gasteiger charge is 2.36. The third kappa shape index (κ3) is 47.2. The van der Waals surface area contributed by atoms with Crippen molar-refractivity contribution in [2.45, 2.75) is 249 Å². The Morgan fingerprint density at radius 3 is 0.850 bits per heavy atom. The topological polar surface area (TPSA) is 752 Å². The maximum atomic E-state index is 14.9. The van der Waals surface area contributed by atoms with Gasteiger partial charge in [-0.25, -0.2) is 4.79 Å². The van der Waals surface area contributed by atoms with E-state index < -0.39 is 137 Å². The molecule has 4 rings (SSSR count). The third-order valence-electron chi connectivity index (χ3n) is 20.8. The molecule has 0 bridgehead atoms. The minimum Gasteiger partial charge on any atom is -0.508 e. The SMILES string of the molecule is CCC(=O)NCCCCNC(=O)/N=C(\N)NCCCC[C@H](NC(=O)[C@H](Cc1ccc(O)cc1)NC(=O)CCCCCCC(=O)N[C@@H](Cc1ccc(O)cc1)C(=O)N[C@@H](CCCNC(=N)N)C(=O)N[C@@H](CC(C)C)C(=O)N[C@@H](CCCNC(=N)N)C(=O)N[C@@H](Cc1ccc(O)cc1)C(N)=O)C(=O)N[C@@H](CC(C)C)C(=O)N[C@@H](CCCNC(=N)N)C(=O)N[C@@H](Cc1ccc(O)cc1)C(N)=O. The Labute approximate surface area is 774 Å². The van der Waals surface area contributed by atoms with Gasteiger partial charge < -0.3 is 140 Å². The van der Waals surface area contributed by atoms with Gasteiger partial charge in [-0.3, -0.25) is 78.6 Å². The smallest absolute Gasteiger partial charge is 0.344 e. The molecule has 0 saturated heterocycles. The van der Waals surface area contributed by atoms with Crippen LogP contribution in [0.15, 0.2) is 102 Å². The van der Waals surface area contributed by atoms with Crippen molar-refractivity contribution in [1.82, 2.24) is 85.1 Å². The number of phenolic OH excluding ortho intramolecular Hbond substituents is 4. The van der Waals surface area contributed by atoms with Gasteiger partial charge in [0.05, 0.1) is 0 Å². The largest absolute Gasteiger partial charge is 0.508 e. The van der Waals surface area contributed by atoms with E-state index in [0.29, 0.717) is 60.9 Å². The van der Waals surface area contributed by atoms with Crippen LogP contribution in [0.2, 0.25) is 0 Å². The number of benzene rings is 4. The van der Waals surface area contributed by atoms with Crippen LogP contribution >= 0.6 is 0 Å². The number of nitrogens with two attached hydrogens (primary N) is 6. The van der Waals surface area contributed by atoms with Crippen molar-refractivity contribution in [3.8, 4) is 23.0 Å². The van der Waals surface area contributed by atoms with Gasteiger partial charge in [-0.2, -0.15) is 4.99 Å². The van der Waals surface area contributed by atoms with Crippen molar-refractivity contribution in [3.63, 3.8) is 0 Å². The maximum absolute atomic E-state index is 14.9. The minimum absolute atomic E-state index is 0.00691. The molecule has 0 aliphatic carbocycles. The predicted molar refractivity (Wildman–Crippen MR) is 498 cm³/mol. The van der Waals surface area contributed by atoms with E-state index in [1.54, 1.807) is 34.6 Å². The Bertz CT molecular complexity index is 4490. The molecule has 44 nitrogen and oxygen atoms in total. The lowest BCUT2D eigenvalue weighted by Gasteiger charge is -2.28. The van der Waals surface area contributed by atoms with Gasteiger partial charge in [0.25, 0.3) is 0 Å². The average Bonchev–Trinajstić information content (AvgIpc) is 0.854. The van der Waals surface area contributed by atoms with Crippen LogP contribution in [0.3, 0.4) is 0 Å². The molecule has 133 heavy (non-hydrogen) atoms. The van der Waals surface area contributed by atoms with Gasteiger partial charge in [0, 0.05) is 84.2 Å². The first kappa shape index (κ1) is 111. The van der Waals surface area contributed by atoms with Crippen LogP contribution in [0.4, 0.5) is 4.79 Å². The van der Waals surface area contributed by atoms with E-state index in [0.717, 1.165) is 0 Å². The number of hydrogen-bond acceptors (Lipinski definition) is 21. The number of guanidine groups is 4. The first-order chi connectivity index (χ1) is 63.2. The van der Waals surface area contributed by atoms with Crippen molar-refractivity contribution in [2.75, 3.05) is 39.3 Å². The van der Waals surface area contributed by atoms with Gasteiger partial charge in [-0.15, -0.1) is 0 Å². The van der Waals surface area contributed by atoms with Crippen molar-refractivity contribution in [1.29, 1.82) is 16.2 Å². The van der Waals surface area contributed by atoms with Crippen LogP contribution in [0.25, 0.3) is 0 Å². The first-order valence-corrected chi connectivity index (χ1v) is 44.8. The number of aliphatic imine (C=N–C) groups is 1. The zero-order valence-corrected chi connectivity index (χ0v) is 76.3. The van der Waals surface area contributed by atoms with Gasteiger partial charge in [-0.05, 0) is 179 Å². The molecule has 0 heterocycles. The van der Waals surface area contributed by atoms with Crippen molar-refractivity contribution in [3.05, 3.63) is 119 Å². The Balaban J connectivity index is 1.56. The normalized spacial score (nSPS) is 13.4. The highest BCUT2D eigenvalue weighted by Crippen LogP contribution is 2.20. The average molecular weight is 1860 g/mol. The molecule has 0 saturated carbocycles. The molecular formula is C89H138N26O18. The fourth-order valence-electron chi connectivity index (χ4n) is 13.7. The number of nitrogens with zero attached hydrogens (tertiary/aromatic N) is 1. The minimum atomic E-state index is -1.43. The molecule has 0 spiro atoms. The molecule has 44 heteroatoms. The molecule has 0 radical (unpaired) electrons. The lowest BCUT2D eigenvalue weighted by Crippen LogP contribution is -2.59. The number of carbonyl (C=O) groups excluding carboxylic acids is 14. The first-order valence-electron chi connectivity index (χ1n) is 44.8. The van der Waals surface area contributed by atoms with Crippen LogP contribution < -0.4 is 119 Å². The summed E-state index contributed by atoms with van der Waals surface area (Å²) in [4.78, 5) is 198. The number of nitrogens with one attached hydrogen (secondary N) is 19. The summed E-state index contributed by atoms with van der Waals surface area (Å²) in [5, 5.41) is 106. The molecule has 4 aromatic rings. The summed E-state index contributed by atoms with van der Waals surface area (Å²) in [5.41, 5.74) is 36.2. The van der Waals surface area contributed by atoms with Crippen molar-refractivity contribution < 1.29 is 87.5 Å². The molecule has 0 fully saturated rings. The van der Waals surface area contributed by atoms with Crippen LogP contribution in [-0.2, 0) is 88.0 Å². The van der Waals surface area contributed by atoms with Crippen molar-refractivity contribution in [2.24, 2.45) is 51.2 Å². The standard InChI is InChI=1S/C89H138N26O18/c1-6-72(120)99-40-13-14-42-104-89(133)115-88(98)103-41-12-11-18-62(79(127)113-68(46-52(2)3)81(129)108-63(19-15-43-100-85(92)93)77(125)111-66(75(90)123)48-54-24-32-58(116)33-25-54)107-83(131)70(50-56-28-36-60(118)37-29-56)105-73(121)22-9-7-8-10-23-74(122)106-71(51-57-30-38-61(119)39-31-57)84(132)110-65(21-17-45-102-87(96)97)80(128)114-69(47-53(4)5)82(130)109-64(20-16-44-101-86(94)95)78(126)112-67(76(91)124)49-55-26-34-59(117)35-27-55/h24-39,52-53,62-71,116-119H,6-23,40-51H2,1-5H3,(H2,90,123)(H2,91,124)(H,99,120)(H,105,121)(H,106,122)(H,107,131)(H,108,129)(H,109,130)(H,110,132)(H,111,125)(H,112,126)(H,113,127)(H,114,128)(H4,92,93,100)(H4,94,95,101)(H4,96,97,102)(H4,98,103,104,115,133)/t62-,63-,64-,65-,66-,67-,68-,69-,70-,71-/m0/s1. The summed E-state index contributed by atoms with van der Waals surface area (Å²) in [6, 6.07) is 9.01. The van der Waals surface area contributed by atoms with Crippen LogP contribution in [0, 0.1) is 28.1 Å². The monoisotopic (exact) mass is 1860 g/mol. The van der Waals surface area contributed by atoms with Crippen LogP contribution in [0.5, 0.6) is 23.0 Å². The molecular weight excluding hydrogens is 1720 g/mol. The van der Waals surface area contributed by atoms with E-state index in [4.69, 9.17) is 50.6 Å². The molecule has 15 amide bonds. The Hall–Kier alpha value is -14.3. The molecule has 0 aromatic heterocycles. The molecule has 10 atom stereocenters. The lowest BCUT2D eigenvalue weighted by molar-refractivity contribution is -0.135.